The first-order valence-electron chi connectivity index (χ1n) is 9.95. The fraction of sp³-hybridized carbons (Fsp3) is 0.136. The first-order chi connectivity index (χ1) is 15.9. The van der Waals surface area contributed by atoms with E-state index < -0.39 is 6.43 Å². The summed E-state index contributed by atoms with van der Waals surface area (Å²) in [6, 6.07) is 14.4. The highest BCUT2D eigenvalue weighted by atomic mass is 79.9. The Morgan fingerprint density at radius 2 is 1.85 bits per heavy atom. The molecule has 8 nitrogen and oxygen atoms in total. The number of fused-ring (bicyclic) bond motifs is 1. The molecule has 0 radical (unpaired) electrons. The summed E-state index contributed by atoms with van der Waals surface area (Å²) in [5, 5.41) is 15.4. The minimum atomic E-state index is -2.65. The van der Waals surface area contributed by atoms with Gasteiger partial charge in [-0.1, -0.05) is 0 Å². The van der Waals surface area contributed by atoms with Crippen molar-refractivity contribution < 1.29 is 8.78 Å². The normalized spacial score (nSPS) is 11.5. The summed E-state index contributed by atoms with van der Waals surface area (Å²) in [4.78, 5) is 9.16. The minimum absolute atomic E-state index is 0.294. The molecule has 0 aliphatic rings. The molecule has 0 spiro atoms. The van der Waals surface area contributed by atoms with Crippen molar-refractivity contribution in [3.63, 3.8) is 0 Å². The van der Waals surface area contributed by atoms with Crippen LogP contribution in [-0.4, -0.2) is 34.5 Å². The van der Waals surface area contributed by atoms with Gasteiger partial charge in [-0.2, -0.15) is 10.2 Å². The molecule has 5 rings (SSSR count). The van der Waals surface area contributed by atoms with Crippen LogP contribution in [0.1, 0.15) is 23.5 Å². The average molecular weight is 511 g/mol. The van der Waals surface area contributed by atoms with Crippen LogP contribution in [0, 0.1) is 13.8 Å². The van der Waals surface area contributed by atoms with Gasteiger partial charge in [0.1, 0.15) is 17.8 Å². The van der Waals surface area contributed by atoms with Crippen LogP contribution in [0.15, 0.2) is 59.3 Å². The van der Waals surface area contributed by atoms with Crippen molar-refractivity contribution in [2.24, 2.45) is 0 Å². The van der Waals surface area contributed by atoms with Gasteiger partial charge in [0, 0.05) is 11.4 Å². The van der Waals surface area contributed by atoms with E-state index in [9.17, 15) is 8.78 Å². The summed E-state index contributed by atoms with van der Waals surface area (Å²) in [6.45, 7) is 3.59. The molecule has 4 aromatic heterocycles. The van der Waals surface area contributed by atoms with Crippen LogP contribution >= 0.6 is 15.9 Å². The number of aryl methyl sites for hydroxylation is 2. The van der Waals surface area contributed by atoms with E-state index in [0.717, 1.165) is 22.4 Å². The van der Waals surface area contributed by atoms with E-state index in [4.69, 9.17) is 0 Å². The van der Waals surface area contributed by atoms with E-state index in [1.54, 1.807) is 19.3 Å². The zero-order chi connectivity index (χ0) is 23.1. The van der Waals surface area contributed by atoms with Crippen molar-refractivity contribution in [1.82, 2.24) is 34.5 Å². The Labute approximate surface area is 195 Å². The van der Waals surface area contributed by atoms with Gasteiger partial charge in [0.25, 0.3) is 6.43 Å². The molecule has 0 fully saturated rings. The van der Waals surface area contributed by atoms with Crippen LogP contribution in [-0.2, 0) is 0 Å². The first-order valence-corrected chi connectivity index (χ1v) is 10.7. The van der Waals surface area contributed by atoms with E-state index in [2.05, 4.69) is 46.5 Å². The Bertz CT molecular complexity index is 1460. The van der Waals surface area contributed by atoms with Gasteiger partial charge in [-0.25, -0.2) is 23.4 Å². The summed E-state index contributed by atoms with van der Waals surface area (Å²) in [7, 11) is 0. The molecule has 5 aromatic rings. The molecule has 33 heavy (non-hydrogen) atoms. The molecule has 1 N–H and O–H groups in total. The van der Waals surface area contributed by atoms with Crippen LogP contribution in [0.5, 0.6) is 0 Å². The summed E-state index contributed by atoms with van der Waals surface area (Å²) in [6.07, 6.45) is -0.987. The smallest absolute Gasteiger partial charge is 0.282 e. The Hall–Kier alpha value is -3.73. The van der Waals surface area contributed by atoms with Gasteiger partial charge in [0.15, 0.2) is 11.6 Å². The fourth-order valence-electron chi connectivity index (χ4n) is 3.41. The lowest BCUT2D eigenvalue weighted by molar-refractivity contribution is 0.145. The quantitative estimate of drug-likeness (QED) is 0.338. The molecule has 1 aromatic carbocycles. The van der Waals surface area contributed by atoms with E-state index in [1.165, 1.54) is 10.7 Å². The summed E-state index contributed by atoms with van der Waals surface area (Å²) in [5.41, 5.74) is 3.51. The number of anilines is 2. The van der Waals surface area contributed by atoms with Crippen LogP contribution < -0.4 is 5.32 Å². The molecular weight excluding hydrogens is 494 g/mol. The highest BCUT2D eigenvalue weighted by molar-refractivity contribution is 9.10. The molecule has 4 heterocycles. The third-order valence-corrected chi connectivity index (χ3v) is 5.63. The predicted octanol–water partition coefficient (Wildman–Crippen LogP) is 5.46. The van der Waals surface area contributed by atoms with Gasteiger partial charge in [-0.3, -0.25) is 4.57 Å². The number of nitrogens with one attached hydrogen (secondary N) is 1. The average Bonchev–Trinajstić information content (AvgIpc) is 3.39. The van der Waals surface area contributed by atoms with Gasteiger partial charge in [0.05, 0.1) is 21.2 Å². The van der Waals surface area contributed by atoms with Crippen molar-refractivity contribution in [3.05, 3.63) is 76.4 Å². The van der Waals surface area contributed by atoms with Crippen LogP contribution in [0.3, 0.4) is 0 Å². The number of benzene rings is 1. The second-order valence-corrected chi connectivity index (χ2v) is 8.26. The number of pyridine rings is 1. The van der Waals surface area contributed by atoms with E-state index >= 15 is 0 Å². The molecule has 0 saturated carbocycles. The highest BCUT2D eigenvalue weighted by Gasteiger charge is 2.17. The van der Waals surface area contributed by atoms with E-state index in [-0.39, 0.29) is 5.69 Å². The van der Waals surface area contributed by atoms with Gasteiger partial charge in [-0.15, -0.1) is 5.10 Å². The molecule has 11 heteroatoms. The van der Waals surface area contributed by atoms with Crippen molar-refractivity contribution in [2.45, 2.75) is 20.3 Å². The SMILES string of the molecule is Cc1ccc(Nc2ccc3c(c2)ncn3-c2ccc(Br)c(-n3nc(C(F)F)cc3C)n2)nn1. The van der Waals surface area contributed by atoms with Crippen molar-refractivity contribution >= 4 is 38.5 Å². The monoisotopic (exact) mass is 510 g/mol. The van der Waals surface area contributed by atoms with Gasteiger partial charge in [0.2, 0.25) is 0 Å². The second-order valence-electron chi connectivity index (χ2n) is 7.40. The maximum atomic E-state index is 13.1. The zero-order valence-corrected chi connectivity index (χ0v) is 19.1. The van der Waals surface area contributed by atoms with Gasteiger partial charge < -0.3 is 5.32 Å². The number of hydrogen-bond donors (Lipinski definition) is 1. The maximum Gasteiger partial charge on any atom is 0.282 e. The van der Waals surface area contributed by atoms with Crippen molar-refractivity contribution in [2.75, 3.05) is 5.32 Å². The number of aromatic nitrogens is 7. The van der Waals surface area contributed by atoms with Gasteiger partial charge >= 0.3 is 0 Å². The molecule has 0 aliphatic heterocycles. The third kappa shape index (κ3) is 4.07. The largest absolute Gasteiger partial charge is 0.339 e. The lowest BCUT2D eigenvalue weighted by Gasteiger charge is -2.10. The maximum absolute atomic E-state index is 13.1. The molecule has 0 saturated heterocycles. The minimum Gasteiger partial charge on any atom is -0.339 e. The number of alkyl halides is 2. The lowest BCUT2D eigenvalue weighted by atomic mass is 10.2. The number of nitrogens with zero attached hydrogens (tertiary/aromatic N) is 7. The molecule has 0 atom stereocenters. The molecule has 0 aliphatic carbocycles. The first kappa shape index (κ1) is 21.1. The van der Waals surface area contributed by atoms with Crippen molar-refractivity contribution in [1.29, 1.82) is 0 Å². The van der Waals surface area contributed by atoms with Crippen LogP contribution in [0.4, 0.5) is 20.3 Å². The second kappa shape index (κ2) is 8.32. The molecule has 0 bridgehead atoms. The number of rotatable bonds is 5. The summed E-state index contributed by atoms with van der Waals surface area (Å²) < 4.78 is 30.1. The molecule has 166 valence electrons. The molecular formula is C22H17BrF2N8. The Balaban J connectivity index is 1.50. The van der Waals surface area contributed by atoms with E-state index in [1.807, 2.05) is 47.9 Å². The number of imidazole rings is 1. The summed E-state index contributed by atoms with van der Waals surface area (Å²) in [5.74, 6) is 1.63. The zero-order valence-electron chi connectivity index (χ0n) is 17.5. The topological polar surface area (TPSA) is 86.3 Å². The van der Waals surface area contributed by atoms with Crippen molar-refractivity contribution in [3.8, 4) is 11.6 Å². The van der Waals surface area contributed by atoms with Crippen LogP contribution in [0.2, 0.25) is 0 Å². The number of halogens is 3. The molecule has 0 amide bonds. The van der Waals surface area contributed by atoms with Crippen LogP contribution in [0.25, 0.3) is 22.7 Å². The third-order valence-electron chi connectivity index (χ3n) is 5.01. The molecule has 0 unspecified atom stereocenters. The highest BCUT2D eigenvalue weighted by Crippen LogP contribution is 2.27. The standard InChI is InChI=1S/C22H17BrF2N8/c1-12-3-7-19(30-29-12)27-14-4-6-18-16(10-14)26-11-32(18)20-8-5-15(23)22(28-20)33-13(2)9-17(31-33)21(24)25/h3-11,21H,1-2H3,(H,27,30). The Morgan fingerprint density at radius 1 is 1.00 bits per heavy atom. The van der Waals surface area contributed by atoms with E-state index in [0.29, 0.717) is 27.6 Å². The lowest BCUT2D eigenvalue weighted by Crippen LogP contribution is -2.06. The Morgan fingerprint density at radius 3 is 2.58 bits per heavy atom. The number of hydrogen-bond acceptors (Lipinski definition) is 6. The van der Waals surface area contributed by atoms with Gasteiger partial charge in [-0.05, 0) is 78.3 Å². The summed E-state index contributed by atoms with van der Waals surface area (Å²) >= 11 is 3.45. The predicted molar refractivity (Wildman–Crippen MR) is 123 cm³/mol. The fourth-order valence-corrected chi connectivity index (χ4v) is 3.80. The Kier molecular flexibility index (Phi) is 5.33.